The van der Waals surface area contributed by atoms with Gasteiger partial charge in [0.1, 0.15) is 5.69 Å². The van der Waals surface area contributed by atoms with Crippen molar-refractivity contribution in [3.8, 4) is 22.8 Å². The van der Waals surface area contributed by atoms with Crippen LogP contribution < -0.4 is 9.47 Å². The number of hydrogen-bond donors (Lipinski definition) is 0. The molecule has 4 rings (SSSR count). The van der Waals surface area contributed by atoms with Crippen LogP contribution in [0.1, 0.15) is 10.5 Å². The molecule has 0 aliphatic rings. The highest BCUT2D eigenvalue weighted by Gasteiger charge is 2.20. The third kappa shape index (κ3) is 2.65. The topological polar surface area (TPSA) is 62.6 Å². The number of methoxy groups -OCH3 is 3. The van der Waals surface area contributed by atoms with E-state index in [2.05, 4.69) is 9.55 Å². The molecule has 0 spiro atoms. The van der Waals surface area contributed by atoms with E-state index in [1.54, 1.807) is 20.3 Å². The van der Waals surface area contributed by atoms with Gasteiger partial charge >= 0.3 is 5.97 Å². The van der Waals surface area contributed by atoms with Crippen LogP contribution in [0.15, 0.2) is 48.5 Å². The molecule has 0 atom stereocenters. The van der Waals surface area contributed by atoms with Crippen molar-refractivity contribution in [3.05, 3.63) is 54.2 Å². The lowest BCUT2D eigenvalue weighted by molar-refractivity contribution is 0.0594. The Morgan fingerprint density at radius 1 is 0.929 bits per heavy atom. The number of fused-ring (bicyclic) bond motifs is 3. The highest BCUT2D eigenvalue weighted by molar-refractivity contribution is 6.13. The molecule has 2 aromatic carbocycles. The molecule has 2 heterocycles. The monoisotopic (exact) mass is 376 g/mol. The second kappa shape index (κ2) is 6.88. The molecular formula is C22H20N2O4. The Morgan fingerprint density at radius 3 is 2.39 bits per heavy atom. The zero-order valence-electron chi connectivity index (χ0n) is 16.1. The van der Waals surface area contributed by atoms with Crippen molar-refractivity contribution < 1.29 is 19.0 Å². The van der Waals surface area contributed by atoms with Crippen LogP contribution in [-0.4, -0.2) is 36.8 Å². The second-order valence-corrected chi connectivity index (χ2v) is 6.39. The molecule has 0 bridgehead atoms. The van der Waals surface area contributed by atoms with Crippen LogP contribution >= 0.6 is 0 Å². The Balaban J connectivity index is 2.11. The minimum atomic E-state index is -0.475. The average Bonchev–Trinajstić information content (AvgIpc) is 3.04. The van der Waals surface area contributed by atoms with Crippen LogP contribution in [0, 0.1) is 0 Å². The van der Waals surface area contributed by atoms with Gasteiger partial charge in [-0.3, -0.25) is 0 Å². The third-order valence-electron chi connectivity index (χ3n) is 4.94. The minimum Gasteiger partial charge on any atom is -0.493 e. The van der Waals surface area contributed by atoms with E-state index in [1.807, 2.05) is 49.5 Å². The summed E-state index contributed by atoms with van der Waals surface area (Å²) in [5.41, 5.74) is 3.75. The molecule has 0 unspecified atom stereocenters. The maximum absolute atomic E-state index is 12.3. The highest BCUT2D eigenvalue weighted by atomic mass is 16.5. The lowest BCUT2D eigenvalue weighted by Crippen LogP contribution is -2.06. The SMILES string of the molecule is COC(=O)c1cc2c3ccccc3n(C)c2c(-c2ccc(OC)c(OC)c2)n1. The number of hydrogen-bond acceptors (Lipinski definition) is 5. The van der Waals surface area contributed by atoms with Gasteiger partial charge in [0.2, 0.25) is 0 Å². The Morgan fingerprint density at radius 2 is 1.68 bits per heavy atom. The van der Waals surface area contributed by atoms with Crippen LogP contribution in [0.3, 0.4) is 0 Å². The van der Waals surface area contributed by atoms with Crippen LogP contribution in [0.2, 0.25) is 0 Å². The van der Waals surface area contributed by atoms with Crippen molar-refractivity contribution in [2.75, 3.05) is 21.3 Å². The first kappa shape index (κ1) is 17.9. The number of esters is 1. The Bertz CT molecular complexity index is 1210. The van der Waals surface area contributed by atoms with Gasteiger partial charge in [-0.2, -0.15) is 0 Å². The number of rotatable bonds is 4. The Hall–Kier alpha value is -3.54. The summed E-state index contributed by atoms with van der Waals surface area (Å²) in [6.45, 7) is 0. The van der Waals surface area contributed by atoms with Crippen molar-refractivity contribution in [1.82, 2.24) is 9.55 Å². The predicted molar refractivity (Wildman–Crippen MR) is 108 cm³/mol. The van der Waals surface area contributed by atoms with E-state index >= 15 is 0 Å². The summed E-state index contributed by atoms with van der Waals surface area (Å²) in [5, 5.41) is 1.99. The van der Waals surface area contributed by atoms with Crippen LogP contribution in [-0.2, 0) is 11.8 Å². The van der Waals surface area contributed by atoms with E-state index in [4.69, 9.17) is 14.2 Å². The molecule has 0 radical (unpaired) electrons. The van der Waals surface area contributed by atoms with Gasteiger partial charge in [0, 0.05) is 28.9 Å². The maximum atomic E-state index is 12.3. The Kier molecular flexibility index (Phi) is 4.39. The number of ether oxygens (including phenoxy) is 3. The molecule has 0 fully saturated rings. The predicted octanol–water partition coefficient (Wildman–Crippen LogP) is 4.20. The van der Waals surface area contributed by atoms with Gasteiger partial charge in [0.15, 0.2) is 11.5 Å². The van der Waals surface area contributed by atoms with E-state index in [1.165, 1.54) is 7.11 Å². The summed E-state index contributed by atoms with van der Waals surface area (Å²) in [6, 6.07) is 15.4. The number of aromatic nitrogens is 2. The van der Waals surface area contributed by atoms with Crippen molar-refractivity contribution in [2.24, 2.45) is 7.05 Å². The zero-order chi connectivity index (χ0) is 19.8. The van der Waals surface area contributed by atoms with Gasteiger partial charge in [0.05, 0.1) is 32.5 Å². The average molecular weight is 376 g/mol. The number of benzene rings is 2. The highest BCUT2D eigenvalue weighted by Crippen LogP contribution is 2.38. The molecule has 142 valence electrons. The quantitative estimate of drug-likeness (QED) is 0.500. The van der Waals surface area contributed by atoms with Crippen LogP contribution in [0.5, 0.6) is 11.5 Å². The maximum Gasteiger partial charge on any atom is 0.356 e. The first-order valence-electron chi connectivity index (χ1n) is 8.78. The summed E-state index contributed by atoms with van der Waals surface area (Å²) >= 11 is 0. The summed E-state index contributed by atoms with van der Waals surface area (Å²) in [6.07, 6.45) is 0. The summed E-state index contributed by atoms with van der Waals surface area (Å²) in [7, 11) is 6.53. The first-order valence-corrected chi connectivity index (χ1v) is 8.78. The summed E-state index contributed by atoms with van der Waals surface area (Å²) in [4.78, 5) is 16.9. The lowest BCUT2D eigenvalue weighted by Gasteiger charge is -2.12. The van der Waals surface area contributed by atoms with E-state index in [0.29, 0.717) is 17.2 Å². The van der Waals surface area contributed by atoms with Gasteiger partial charge in [-0.15, -0.1) is 0 Å². The number of aryl methyl sites for hydroxylation is 1. The van der Waals surface area contributed by atoms with Gasteiger partial charge in [-0.25, -0.2) is 9.78 Å². The van der Waals surface area contributed by atoms with E-state index in [9.17, 15) is 4.79 Å². The number of carbonyl (C=O) groups excluding carboxylic acids is 1. The van der Waals surface area contributed by atoms with Crippen molar-refractivity contribution in [2.45, 2.75) is 0 Å². The first-order chi connectivity index (χ1) is 13.6. The lowest BCUT2D eigenvalue weighted by atomic mass is 10.1. The third-order valence-corrected chi connectivity index (χ3v) is 4.94. The van der Waals surface area contributed by atoms with Crippen molar-refractivity contribution in [1.29, 1.82) is 0 Å². The molecule has 0 amide bonds. The Labute approximate surface area is 162 Å². The normalized spacial score (nSPS) is 11.0. The fourth-order valence-corrected chi connectivity index (χ4v) is 3.59. The fraction of sp³-hybridized carbons (Fsp3) is 0.182. The number of para-hydroxylation sites is 1. The zero-order valence-corrected chi connectivity index (χ0v) is 16.1. The molecule has 2 aromatic heterocycles. The molecule has 0 aliphatic heterocycles. The number of nitrogens with zero attached hydrogens (tertiary/aromatic N) is 2. The molecule has 4 aromatic rings. The van der Waals surface area contributed by atoms with Crippen LogP contribution in [0.4, 0.5) is 0 Å². The van der Waals surface area contributed by atoms with Gasteiger partial charge in [0.25, 0.3) is 0 Å². The van der Waals surface area contributed by atoms with E-state index in [0.717, 1.165) is 27.4 Å². The molecule has 0 N–H and O–H groups in total. The number of pyridine rings is 1. The summed E-state index contributed by atoms with van der Waals surface area (Å²) in [5.74, 6) is 0.748. The summed E-state index contributed by atoms with van der Waals surface area (Å²) < 4.78 is 17.8. The van der Waals surface area contributed by atoms with Gasteiger partial charge < -0.3 is 18.8 Å². The molecule has 0 aliphatic carbocycles. The van der Waals surface area contributed by atoms with Crippen LogP contribution in [0.25, 0.3) is 33.1 Å². The minimum absolute atomic E-state index is 0.260. The van der Waals surface area contributed by atoms with Crippen molar-refractivity contribution >= 4 is 27.8 Å². The van der Waals surface area contributed by atoms with Gasteiger partial charge in [-0.05, 0) is 30.3 Å². The van der Waals surface area contributed by atoms with E-state index < -0.39 is 5.97 Å². The van der Waals surface area contributed by atoms with E-state index in [-0.39, 0.29) is 5.69 Å². The molecule has 0 saturated heterocycles. The molecule has 6 nitrogen and oxygen atoms in total. The fourth-order valence-electron chi connectivity index (χ4n) is 3.59. The van der Waals surface area contributed by atoms with Gasteiger partial charge in [-0.1, -0.05) is 18.2 Å². The smallest absolute Gasteiger partial charge is 0.356 e. The molecule has 28 heavy (non-hydrogen) atoms. The number of carbonyl (C=O) groups is 1. The second-order valence-electron chi connectivity index (χ2n) is 6.39. The molecule has 6 heteroatoms. The largest absolute Gasteiger partial charge is 0.493 e. The standard InChI is InChI=1S/C22H20N2O4/c1-24-17-8-6-5-7-14(17)15-12-16(22(25)28-4)23-20(21(15)24)13-9-10-18(26-2)19(11-13)27-3/h5-12H,1-4H3. The van der Waals surface area contributed by atoms with Crippen molar-refractivity contribution in [3.63, 3.8) is 0 Å². The molecule has 0 saturated carbocycles. The molecular weight excluding hydrogens is 356 g/mol.